The minimum absolute atomic E-state index is 0.0606. The first kappa shape index (κ1) is 20.7. The van der Waals surface area contributed by atoms with E-state index in [4.69, 9.17) is 9.73 Å². The molecule has 5 heteroatoms. The molecule has 0 bridgehead atoms. The molecule has 3 heterocycles. The smallest absolute Gasteiger partial charge is 0.139 e. The fourth-order valence-electron chi connectivity index (χ4n) is 4.43. The predicted molar refractivity (Wildman–Crippen MR) is 124 cm³/mol. The number of Topliss-reactive ketones (excluding diaryl/α,β-unsaturated/α-hetero) is 1. The van der Waals surface area contributed by atoms with Crippen LogP contribution in [0.2, 0.25) is 0 Å². The number of aromatic nitrogens is 2. The van der Waals surface area contributed by atoms with E-state index in [1.54, 1.807) is 7.11 Å². The van der Waals surface area contributed by atoms with Crippen LogP contribution < -0.4 is 0 Å². The lowest BCUT2D eigenvalue weighted by Crippen LogP contribution is -2.14. The van der Waals surface area contributed by atoms with Gasteiger partial charge in [-0.2, -0.15) is 0 Å². The lowest BCUT2D eigenvalue weighted by atomic mass is 9.93. The molecule has 1 atom stereocenters. The molecule has 1 aliphatic heterocycles. The lowest BCUT2D eigenvalue weighted by molar-refractivity contribution is -0.119. The van der Waals surface area contributed by atoms with Gasteiger partial charge in [0.15, 0.2) is 0 Å². The van der Waals surface area contributed by atoms with Gasteiger partial charge in [0.25, 0.3) is 0 Å². The highest BCUT2D eigenvalue weighted by Crippen LogP contribution is 2.39. The number of rotatable bonds is 9. The van der Waals surface area contributed by atoms with Gasteiger partial charge in [-0.3, -0.25) is 19.8 Å². The summed E-state index contributed by atoms with van der Waals surface area (Å²) in [5.41, 5.74) is 7.40. The van der Waals surface area contributed by atoms with Gasteiger partial charge in [0.05, 0.1) is 18.9 Å². The maximum atomic E-state index is 12.8. The minimum Gasteiger partial charge on any atom is -0.384 e. The van der Waals surface area contributed by atoms with Crippen molar-refractivity contribution < 1.29 is 9.53 Å². The molecule has 1 aliphatic carbocycles. The van der Waals surface area contributed by atoms with Crippen LogP contribution in [-0.2, 0) is 22.5 Å². The highest BCUT2D eigenvalue weighted by molar-refractivity contribution is 6.15. The third-order valence-corrected chi connectivity index (χ3v) is 6.25. The van der Waals surface area contributed by atoms with Crippen molar-refractivity contribution >= 4 is 11.5 Å². The molecule has 2 aromatic heterocycles. The normalized spacial score (nSPS) is 15.8. The second-order valence-corrected chi connectivity index (χ2v) is 8.72. The van der Waals surface area contributed by atoms with E-state index in [1.165, 1.54) is 12.8 Å². The number of benzene rings is 1. The SMILES string of the molecule is COC[C@@H](CC(=O)Cc1cc2c(cn1)C(c1ccnc(C3CC3)c1)=NC2)c1ccccc1. The van der Waals surface area contributed by atoms with Crippen LogP contribution in [0.5, 0.6) is 0 Å². The fourth-order valence-corrected chi connectivity index (χ4v) is 4.43. The van der Waals surface area contributed by atoms with Crippen molar-refractivity contribution in [1.29, 1.82) is 0 Å². The van der Waals surface area contributed by atoms with E-state index in [-0.39, 0.29) is 11.7 Å². The molecule has 5 nitrogen and oxygen atoms in total. The van der Waals surface area contributed by atoms with E-state index in [1.807, 2.05) is 42.7 Å². The van der Waals surface area contributed by atoms with Crippen LogP contribution >= 0.6 is 0 Å². The number of pyridine rings is 2. The number of hydrogen-bond acceptors (Lipinski definition) is 5. The first-order valence-electron chi connectivity index (χ1n) is 11.3. The van der Waals surface area contributed by atoms with E-state index in [0.29, 0.717) is 31.9 Å². The molecular formula is C27H27N3O2. The second-order valence-electron chi connectivity index (χ2n) is 8.72. The average Bonchev–Trinajstić information content (AvgIpc) is 3.59. The highest BCUT2D eigenvalue weighted by Gasteiger charge is 2.26. The van der Waals surface area contributed by atoms with Crippen molar-refractivity contribution in [2.75, 3.05) is 13.7 Å². The molecule has 0 N–H and O–H groups in total. The van der Waals surface area contributed by atoms with Crippen LogP contribution in [0.15, 0.2) is 65.9 Å². The number of ketones is 1. The van der Waals surface area contributed by atoms with Gasteiger partial charge in [-0.1, -0.05) is 30.3 Å². The number of carbonyl (C=O) groups excluding carboxylic acids is 1. The molecule has 32 heavy (non-hydrogen) atoms. The van der Waals surface area contributed by atoms with E-state index < -0.39 is 0 Å². The van der Waals surface area contributed by atoms with Crippen molar-refractivity contribution in [2.45, 2.75) is 44.1 Å². The van der Waals surface area contributed by atoms with Gasteiger partial charge in [-0.15, -0.1) is 0 Å². The number of ether oxygens (including phenoxy) is 1. The molecule has 1 saturated carbocycles. The monoisotopic (exact) mass is 425 g/mol. The Morgan fingerprint density at radius 2 is 1.97 bits per heavy atom. The van der Waals surface area contributed by atoms with Crippen molar-refractivity contribution in [2.24, 2.45) is 4.99 Å². The van der Waals surface area contributed by atoms with Gasteiger partial charge in [-0.05, 0) is 42.2 Å². The van der Waals surface area contributed by atoms with Gasteiger partial charge in [-0.25, -0.2) is 0 Å². The Hall–Kier alpha value is -3.18. The number of nitrogens with zero attached hydrogens (tertiary/aromatic N) is 3. The van der Waals surface area contributed by atoms with Crippen molar-refractivity contribution in [1.82, 2.24) is 9.97 Å². The number of methoxy groups -OCH3 is 1. The van der Waals surface area contributed by atoms with Crippen LogP contribution in [0.1, 0.15) is 64.7 Å². The molecule has 1 fully saturated rings. The summed E-state index contributed by atoms with van der Waals surface area (Å²) in [6.45, 7) is 1.16. The summed E-state index contributed by atoms with van der Waals surface area (Å²) in [6, 6.07) is 16.3. The Balaban J connectivity index is 1.28. The summed E-state index contributed by atoms with van der Waals surface area (Å²) in [5.74, 6) is 0.844. The number of aliphatic imine (C=N–C) groups is 1. The van der Waals surface area contributed by atoms with Crippen LogP contribution in [0.4, 0.5) is 0 Å². The molecule has 0 saturated heterocycles. The van der Waals surface area contributed by atoms with Crippen molar-refractivity contribution in [3.8, 4) is 0 Å². The molecular weight excluding hydrogens is 398 g/mol. The Kier molecular flexibility index (Phi) is 5.91. The summed E-state index contributed by atoms with van der Waals surface area (Å²) < 4.78 is 5.36. The van der Waals surface area contributed by atoms with Crippen LogP contribution in [0.3, 0.4) is 0 Å². The fraction of sp³-hybridized carbons (Fsp3) is 0.333. The zero-order valence-corrected chi connectivity index (χ0v) is 18.3. The van der Waals surface area contributed by atoms with Crippen LogP contribution in [0.25, 0.3) is 0 Å². The molecule has 2 aliphatic rings. The summed E-state index contributed by atoms with van der Waals surface area (Å²) in [5, 5.41) is 0. The zero-order valence-electron chi connectivity index (χ0n) is 18.3. The van der Waals surface area contributed by atoms with Gasteiger partial charge in [0.2, 0.25) is 0 Å². The summed E-state index contributed by atoms with van der Waals surface area (Å²) in [4.78, 5) is 26.7. The Bertz CT molecular complexity index is 1150. The zero-order chi connectivity index (χ0) is 21.9. The maximum Gasteiger partial charge on any atom is 0.139 e. The first-order valence-corrected chi connectivity index (χ1v) is 11.3. The van der Waals surface area contributed by atoms with Crippen LogP contribution in [0, 0.1) is 0 Å². The molecule has 1 aromatic carbocycles. The summed E-state index contributed by atoms with van der Waals surface area (Å²) >= 11 is 0. The first-order chi connectivity index (χ1) is 15.7. The largest absolute Gasteiger partial charge is 0.384 e. The Labute approximate surface area is 188 Å². The van der Waals surface area contributed by atoms with Crippen LogP contribution in [-0.4, -0.2) is 35.2 Å². The quantitative estimate of drug-likeness (QED) is 0.501. The highest BCUT2D eigenvalue weighted by atomic mass is 16.5. The van der Waals surface area contributed by atoms with E-state index in [2.05, 4.69) is 28.2 Å². The molecule has 0 radical (unpaired) electrons. The number of hydrogen-bond donors (Lipinski definition) is 0. The second kappa shape index (κ2) is 9.13. The molecule has 5 rings (SSSR count). The molecule has 0 unspecified atom stereocenters. The summed E-state index contributed by atoms with van der Waals surface area (Å²) in [7, 11) is 1.68. The van der Waals surface area contributed by atoms with Gasteiger partial charge in [0.1, 0.15) is 5.78 Å². The summed E-state index contributed by atoms with van der Waals surface area (Å²) in [6.07, 6.45) is 7.00. The van der Waals surface area contributed by atoms with Gasteiger partial charge < -0.3 is 4.74 Å². The molecule has 3 aromatic rings. The number of fused-ring (bicyclic) bond motifs is 1. The Morgan fingerprint density at radius 1 is 1.12 bits per heavy atom. The molecule has 0 amide bonds. The molecule has 0 spiro atoms. The Morgan fingerprint density at radius 3 is 2.75 bits per heavy atom. The minimum atomic E-state index is 0.0606. The maximum absolute atomic E-state index is 12.8. The molecule has 162 valence electrons. The predicted octanol–water partition coefficient (Wildman–Crippen LogP) is 4.64. The topological polar surface area (TPSA) is 64.4 Å². The average molecular weight is 426 g/mol. The third-order valence-electron chi connectivity index (χ3n) is 6.25. The lowest BCUT2D eigenvalue weighted by Gasteiger charge is -2.15. The number of carbonyl (C=O) groups is 1. The van der Waals surface area contributed by atoms with E-state index >= 15 is 0 Å². The standard InChI is InChI=1S/C27H27N3O2/c1-32-17-22(18-5-3-2-4-6-18)12-24(31)14-23-11-21-15-30-27(25(21)16-29-23)20-9-10-28-26(13-20)19-7-8-19/h2-6,9-11,13,16,19,22H,7-8,12,14-15,17H2,1H3/t22-/m1/s1. The third kappa shape index (κ3) is 4.53. The van der Waals surface area contributed by atoms with Gasteiger partial charge >= 0.3 is 0 Å². The van der Waals surface area contributed by atoms with E-state index in [9.17, 15) is 4.79 Å². The van der Waals surface area contributed by atoms with E-state index in [0.717, 1.165) is 39.4 Å². The van der Waals surface area contributed by atoms with Crippen molar-refractivity contribution in [3.63, 3.8) is 0 Å². The van der Waals surface area contributed by atoms with Crippen molar-refractivity contribution in [3.05, 3.63) is 94.6 Å². The van der Waals surface area contributed by atoms with Gasteiger partial charge in [0, 0.05) is 66.7 Å².